The van der Waals surface area contributed by atoms with E-state index in [1.165, 1.54) is 12.8 Å². The van der Waals surface area contributed by atoms with E-state index in [2.05, 4.69) is 10.2 Å². The van der Waals surface area contributed by atoms with Crippen molar-refractivity contribution in [3.8, 4) is 0 Å². The minimum absolute atomic E-state index is 0.467. The highest BCUT2D eigenvalue weighted by Gasteiger charge is 2.25. The molecule has 0 amide bonds. The minimum Gasteiger partial charge on any atom is -0.324 e. The van der Waals surface area contributed by atoms with Crippen LogP contribution in [0.2, 0.25) is 0 Å². The van der Waals surface area contributed by atoms with Crippen LogP contribution in [0, 0.1) is 0 Å². The van der Waals surface area contributed by atoms with Gasteiger partial charge in [0.1, 0.15) is 5.82 Å². The monoisotopic (exact) mass is 184 g/mol. The molecule has 1 fully saturated rings. The Labute approximate surface area is 75.5 Å². The molecule has 4 nitrogen and oxygen atoms in total. The van der Waals surface area contributed by atoms with Crippen LogP contribution in [0.15, 0.2) is 5.16 Å². The smallest absolute Gasteiger partial charge is 0.191 e. The van der Waals surface area contributed by atoms with Crippen molar-refractivity contribution in [2.24, 2.45) is 12.8 Å². The van der Waals surface area contributed by atoms with Crippen molar-refractivity contribution in [1.29, 1.82) is 0 Å². The van der Waals surface area contributed by atoms with Crippen molar-refractivity contribution in [2.75, 3.05) is 0 Å². The van der Waals surface area contributed by atoms with Crippen molar-refractivity contribution in [3.05, 3.63) is 5.82 Å². The fourth-order valence-corrected chi connectivity index (χ4v) is 1.98. The largest absolute Gasteiger partial charge is 0.324 e. The third kappa shape index (κ3) is 1.47. The number of rotatable bonds is 3. The van der Waals surface area contributed by atoms with Crippen molar-refractivity contribution in [3.63, 3.8) is 0 Å². The van der Waals surface area contributed by atoms with Gasteiger partial charge < -0.3 is 10.3 Å². The first-order valence-electron chi connectivity index (χ1n) is 4.06. The Morgan fingerprint density at radius 1 is 1.58 bits per heavy atom. The van der Waals surface area contributed by atoms with Crippen LogP contribution >= 0.6 is 11.8 Å². The lowest BCUT2D eigenvalue weighted by atomic mass is 10.6. The average Bonchev–Trinajstić information content (AvgIpc) is 2.80. The zero-order valence-corrected chi connectivity index (χ0v) is 7.84. The van der Waals surface area contributed by atoms with Crippen LogP contribution in [0.3, 0.4) is 0 Å². The molecule has 0 aliphatic heterocycles. The highest BCUT2D eigenvalue weighted by Crippen LogP contribution is 2.37. The molecule has 0 aromatic carbocycles. The van der Waals surface area contributed by atoms with Crippen molar-refractivity contribution in [1.82, 2.24) is 14.8 Å². The van der Waals surface area contributed by atoms with E-state index in [-0.39, 0.29) is 0 Å². The maximum atomic E-state index is 5.48. The lowest BCUT2D eigenvalue weighted by Crippen LogP contribution is -2.05. The van der Waals surface area contributed by atoms with Crippen LogP contribution in [0.4, 0.5) is 0 Å². The van der Waals surface area contributed by atoms with E-state index in [0.29, 0.717) is 6.54 Å². The first kappa shape index (κ1) is 8.07. The van der Waals surface area contributed by atoms with E-state index in [4.69, 9.17) is 5.73 Å². The second kappa shape index (κ2) is 3.06. The summed E-state index contributed by atoms with van der Waals surface area (Å²) in [5.74, 6) is 0.859. The molecule has 1 aliphatic rings. The Morgan fingerprint density at radius 2 is 2.33 bits per heavy atom. The molecule has 0 saturated heterocycles. The van der Waals surface area contributed by atoms with Gasteiger partial charge in [-0.05, 0) is 12.8 Å². The van der Waals surface area contributed by atoms with Crippen LogP contribution in [0.1, 0.15) is 18.7 Å². The number of aromatic nitrogens is 3. The fraction of sp³-hybridized carbons (Fsp3) is 0.714. The number of thioether (sulfide) groups is 1. The van der Waals surface area contributed by atoms with Gasteiger partial charge >= 0.3 is 0 Å². The van der Waals surface area contributed by atoms with Gasteiger partial charge in [0.25, 0.3) is 0 Å². The number of hydrogen-bond donors (Lipinski definition) is 1. The summed E-state index contributed by atoms with van der Waals surface area (Å²) in [5.41, 5.74) is 5.48. The number of nitrogens with two attached hydrogens (primary N) is 1. The molecule has 0 bridgehead atoms. The maximum Gasteiger partial charge on any atom is 0.191 e. The standard InChI is InChI=1S/C7H12N4S/c1-11-6(4-8)9-10-7(11)12-5-2-3-5/h5H,2-4,8H2,1H3. The SMILES string of the molecule is Cn1c(CN)nnc1SC1CC1. The highest BCUT2D eigenvalue weighted by atomic mass is 32.2. The molecule has 0 spiro atoms. The van der Waals surface area contributed by atoms with Crippen molar-refractivity contribution >= 4 is 11.8 Å². The van der Waals surface area contributed by atoms with Crippen molar-refractivity contribution < 1.29 is 0 Å². The Hall–Kier alpha value is -0.550. The normalized spacial score (nSPS) is 16.8. The molecule has 0 radical (unpaired) electrons. The van der Waals surface area contributed by atoms with E-state index >= 15 is 0 Å². The summed E-state index contributed by atoms with van der Waals surface area (Å²) in [6.07, 6.45) is 2.63. The molecular formula is C7H12N4S. The van der Waals surface area contributed by atoms with E-state index in [1.54, 1.807) is 11.8 Å². The Morgan fingerprint density at radius 3 is 2.83 bits per heavy atom. The first-order chi connectivity index (χ1) is 5.81. The van der Waals surface area contributed by atoms with E-state index < -0.39 is 0 Å². The fourth-order valence-electron chi connectivity index (χ4n) is 0.960. The zero-order chi connectivity index (χ0) is 8.55. The van der Waals surface area contributed by atoms with Crippen LogP contribution in [0.25, 0.3) is 0 Å². The summed E-state index contributed by atoms with van der Waals surface area (Å²) in [5, 5.41) is 9.82. The molecule has 2 rings (SSSR count). The molecule has 1 heterocycles. The summed E-state index contributed by atoms with van der Waals surface area (Å²) in [7, 11) is 1.97. The summed E-state index contributed by atoms with van der Waals surface area (Å²) in [4.78, 5) is 0. The van der Waals surface area contributed by atoms with Gasteiger partial charge in [0, 0.05) is 12.3 Å². The van der Waals surface area contributed by atoms with E-state index in [0.717, 1.165) is 16.2 Å². The lowest BCUT2D eigenvalue weighted by Gasteiger charge is -1.99. The lowest BCUT2D eigenvalue weighted by molar-refractivity contribution is 0.734. The second-order valence-electron chi connectivity index (χ2n) is 2.98. The van der Waals surface area contributed by atoms with Gasteiger partial charge in [0.05, 0.1) is 6.54 Å². The Balaban J connectivity index is 2.13. The highest BCUT2D eigenvalue weighted by molar-refractivity contribution is 8.00. The quantitative estimate of drug-likeness (QED) is 0.744. The molecule has 2 N–H and O–H groups in total. The molecule has 0 atom stereocenters. The van der Waals surface area contributed by atoms with E-state index in [1.807, 2.05) is 11.6 Å². The minimum atomic E-state index is 0.467. The van der Waals surface area contributed by atoms with Crippen LogP contribution < -0.4 is 5.73 Å². The van der Waals surface area contributed by atoms with Crippen LogP contribution in [0.5, 0.6) is 0 Å². The van der Waals surface area contributed by atoms with E-state index in [9.17, 15) is 0 Å². The maximum absolute atomic E-state index is 5.48. The molecular weight excluding hydrogens is 172 g/mol. The van der Waals surface area contributed by atoms with Gasteiger partial charge in [-0.2, -0.15) is 0 Å². The van der Waals surface area contributed by atoms with Gasteiger partial charge in [0.2, 0.25) is 0 Å². The molecule has 1 aromatic heterocycles. The Kier molecular flexibility index (Phi) is 2.06. The second-order valence-corrected chi connectivity index (χ2v) is 4.25. The Bertz CT molecular complexity index is 279. The number of nitrogens with zero attached hydrogens (tertiary/aromatic N) is 3. The average molecular weight is 184 g/mol. The van der Waals surface area contributed by atoms with Crippen LogP contribution in [-0.4, -0.2) is 20.0 Å². The third-order valence-electron chi connectivity index (χ3n) is 1.90. The molecule has 0 unspecified atom stereocenters. The summed E-state index contributed by atoms with van der Waals surface area (Å²) in [6.45, 7) is 0.467. The van der Waals surface area contributed by atoms with Gasteiger partial charge in [-0.15, -0.1) is 10.2 Å². The molecule has 1 saturated carbocycles. The molecule has 1 aromatic rings. The molecule has 66 valence electrons. The molecule has 12 heavy (non-hydrogen) atoms. The number of hydrogen-bond acceptors (Lipinski definition) is 4. The predicted octanol–water partition coefficient (Wildman–Crippen LogP) is 0.528. The van der Waals surface area contributed by atoms with Gasteiger partial charge in [0.15, 0.2) is 5.16 Å². The summed E-state index contributed by atoms with van der Waals surface area (Å²) < 4.78 is 1.98. The van der Waals surface area contributed by atoms with Gasteiger partial charge in [-0.3, -0.25) is 0 Å². The predicted molar refractivity (Wildman–Crippen MR) is 47.8 cm³/mol. The van der Waals surface area contributed by atoms with Gasteiger partial charge in [-0.1, -0.05) is 11.8 Å². The topological polar surface area (TPSA) is 56.7 Å². The first-order valence-corrected chi connectivity index (χ1v) is 4.94. The zero-order valence-electron chi connectivity index (χ0n) is 7.03. The van der Waals surface area contributed by atoms with Gasteiger partial charge in [-0.25, -0.2) is 0 Å². The molecule has 5 heteroatoms. The third-order valence-corrected chi connectivity index (χ3v) is 3.28. The summed E-state index contributed by atoms with van der Waals surface area (Å²) in [6, 6.07) is 0. The summed E-state index contributed by atoms with van der Waals surface area (Å²) >= 11 is 1.81. The van der Waals surface area contributed by atoms with Crippen molar-refractivity contribution in [2.45, 2.75) is 29.8 Å². The molecule has 1 aliphatic carbocycles. The van der Waals surface area contributed by atoms with Crippen LogP contribution in [-0.2, 0) is 13.6 Å².